The summed E-state index contributed by atoms with van der Waals surface area (Å²) in [5.41, 5.74) is -0.862. The van der Waals surface area contributed by atoms with Crippen LogP contribution in [0.2, 0.25) is 5.02 Å². The number of carbonyl (C=O) groups excluding carboxylic acids is 2. The van der Waals surface area contributed by atoms with Gasteiger partial charge in [-0.25, -0.2) is 9.67 Å². The summed E-state index contributed by atoms with van der Waals surface area (Å²) >= 11 is 6.11. The molecule has 0 fully saturated rings. The van der Waals surface area contributed by atoms with Crippen molar-refractivity contribution in [1.82, 2.24) is 20.1 Å². The fraction of sp³-hybridized carbons (Fsp3) is 0.200. The predicted molar refractivity (Wildman–Crippen MR) is 112 cm³/mol. The minimum Gasteiger partial charge on any atom is -0.415 e. The van der Waals surface area contributed by atoms with Gasteiger partial charge in [0.1, 0.15) is 11.3 Å². The Hall–Kier alpha value is -4.07. The number of nitrogens with zero attached hydrogens (tertiary/aromatic N) is 3. The Bertz CT molecular complexity index is 1330. The highest BCUT2D eigenvalue weighted by molar-refractivity contribution is 6.32. The Labute approximate surface area is 198 Å². The number of aryl methyl sites for hydroxylation is 1. The number of aromatic nitrogens is 3. The van der Waals surface area contributed by atoms with Crippen molar-refractivity contribution < 1.29 is 41.4 Å². The summed E-state index contributed by atoms with van der Waals surface area (Å²) in [5.74, 6) is -3.58. The predicted octanol–water partition coefficient (Wildman–Crippen LogP) is 3.76. The second-order valence-electron chi connectivity index (χ2n) is 6.94. The zero-order valence-electron chi connectivity index (χ0n) is 17.7. The van der Waals surface area contributed by atoms with Gasteiger partial charge in [0.15, 0.2) is 17.3 Å². The highest BCUT2D eigenvalue weighted by Crippen LogP contribution is 2.47. The highest BCUT2D eigenvalue weighted by Gasteiger charge is 2.46. The zero-order chi connectivity index (χ0) is 25.5. The van der Waals surface area contributed by atoms with Gasteiger partial charge >= 0.3 is 12.9 Å². The average molecular weight is 516 g/mol. The monoisotopic (exact) mass is 515 g/mol. The van der Waals surface area contributed by atoms with Crippen LogP contribution in [0.15, 0.2) is 30.5 Å². The van der Waals surface area contributed by atoms with E-state index < -0.39 is 47.7 Å². The standard InChI is InChI=1S/C20H14ClF4N5O5/c1-8-6-11-15(35-20(24,25)34-11)13(18(32)26-2)14(8)28-17(31)10-7-12(33-19(22)23)29-30(10)16-9(21)4-3-5-27-16/h3-7,19H,1-2H3,(H,26,32)(H,28,31). The fourth-order valence-electron chi connectivity index (χ4n) is 3.26. The van der Waals surface area contributed by atoms with E-state index in [0.29, 0.717) is 0 Å². The first-order valence-electron chi connectivity index (χ1n) is 9.63. The summed E-state index contributed by atoms with van der Waals surface area (Å²) < 4.78 is 66.9. The van der Waals surface area contributed by atoms with Crippen LogP contribution in [0, 0.1) is 6.92 Å². The number of halogens is 5. The molecule has 1 aliphatic rings. The van der Waals surface area contributed by atoms with Crippen molar-refractivity contribution in [3.63, 3.8) is 0 Å². The molecule has 35 heavy (non-hydrogen) atoms. The molecule has 15 heteroatoms. The molecule has 2 N–H and O–H groups in total. The van der Waals surface area contributed by atoms with Gasteiger partial charge < -0.3 is 24.8 Å². The van der Waals surface area contributed by atoms with E-state index in [1.807, 2.05) is 0 Å². The molecule has 0 atom stereocenters. The summed E-state index contributed by atoms with van der Waals surface area (Å²) in [6, 6.07) is 4.94. The largest absolute Gasteiger partial charge is 0.586 e. The first kappa shape index (κ1) is 24.1. The van der Waals surface area contributed by atoms with Crippen molar-refractivity contribution in [2.24, 2.45) is 0 Å². The number of carbonyl (C=O) groups is 2. The number of benzene rings is 1. The summed E-state index contributed by atoms with van der Waals surface area (Å²) in [5, 5.41) is 8.51. The third kappa shape index (κ3) is 4.64. The number of hydrogen-bond donors (Lipinski definition) is 2. The molecule has 10 nitrogen and oxygen atoms in total. The zero-order valence-corrected chi connectivity index (χ0v) is 18.5. The molecule has 1 aliphatic heterocycles. The molecule has 184 valence electrons. The van der Waals surface area contributed by atoms with E-state index in [1.54, 1.807) is 0 Å². The van der Waals surface area contributed by atoms with Crippen molar-refractivity contribution >= 4 is 29.1 Å². The van der Waals surface area contributed by atoms with E-state index in [-0.39, 0.29) is 27.8 Å². The second-order valence-corrected chi connectivity index (χ2v) is 7.35. The van der Waals surface area contributed by atoms with Crippen LogP contribution < -0.4 is 24.8 Å². The topological polar surface area (TPSA) is 117 Å². The van der Waals surface area contributed by atoms with Crippen LogP contribution in [-0.4, -0.2) is 46.5 Å². The Morgan fingerprint density at radius 3 is 2.63 bits per heavy atom. The van der Waals surface area contributed by atoms with Crippen LogP contribution in [0.25, 0.3) is 5.82 Å². The van der Waals surface area contributed by atoms with Crippen LogP contribution in [0.4, 0.5) is 23.2 Å². The summed E-state index contributed by atoms with van der Waals surface area (Å²) in [6.45, 7) is -1.83. The van der Waals surface area contributed by atoms with Crippen LogP contribution in [-0.2, 0) is 0 Å². The van der Waals surface area contributed by atoms with E-state index in [2.05, 4.69) is 34.9 Å². The van der Waals surface area contributed by atoms with Crippen LogP contribution in [0.5, 0.6) is 17.4 Å². The number of pyridine rings is 1. The highest BCUT2D eigenvalue weighted by atomic mass is 35.5. The van der Waals surface area contributed by atoms with Crippen LogP contribution in [0.1, 0.15) is 26.4 Å². The normalized spacial score (nSPS) is 13.6. The van der Waals surface area contributed by atoms with E-state index in [9.17, 15) is 27.2 Å². The van der Waals surface area contributed by atoms with Gasteiger partial charge in [-0.3, -0.25) is 9.59 Å². The molecule has 0 aliphatic carbocycles. The third-order valence-corrected chi connectivity index (χ3v) is 4.95. The van der Waals surface area contributed by atoms with Crippen molar-refractivity contribution in [3.8, 4) is 23.2 Å². The molecule has 0 spiro atoms. The lowest BCUT2D eigenvalue weighted by Gasteiger charge is -2.15. The quantitative estimate of drug-likeness (QED) is 0.480. The van der Waals surface area contributed by atoms with Crippen LogP contribution in [0.3, 0.4) is 0 Å². The second kappa shape index (κ2) is 8.94. The molecule has 0 saturated carbocycles. The van der Waals surface area contributed by atoms with E-state index in [1.165, 1.54) is 32.3 Å². The van der Waals surface area contributed by atoms with Gasteiger partial charge in [0.05, 0.1) is 10.7 Å². The summed E-state index contributed by atoms with van der Waals surface area (Å²) in [4.78, 5) is 29.8. The molecule has 0 unspecified atom stereocenters. The number of alkyl halides is 4. The lowest BCUT2D eigenvalue weighted by atomic mass is 10.0. The van der Waals surface area contributed by atoms with Gasteiger partial charge in [0.2, 0.25) is 5.88 Å². The Balaban J connectivity index is 1.80. The average Bonchev–Trinajstić information content (AvgIpc) is 3.32. The molecule has 0 saturated heterocycles. The van der Waals surface area contributed by atoms with Crippen molar-refractivity contribution in [2.45, 2.75) is 19.8 Å². The van der Waals surface area contributed by atoms with Crippen molar-refractivity contribution in [3.05, 3.63) is 52.3 Å². The van der Waals surface area contributed by atoms with Gasteiger partial charge in [0.25, 0.3) is 11.8 Å². The van der Waals surface area contributed by atoms with E-state index in [0.717, 1.165) is 16.8 Å². The Morgan fingerprint density at radius 2 is 1.97 bits per heavy atom. The molecule has 1 aromatic carbocycles. The fourth-order valence-corrected chi connectivity index (χ4v) is 3.46. The lowest BCUT2D eigenvalue weighted by Crippen LogP contribution is -2.27. The van der Waals surface area contributed by atoms with E-state index >= 15 is 0 Å². The molecule has 3 aromatic rings. The van der Waals surface area contributed by atoms with Crippen molar-refractivity contribution in [2.75, 3.05) is 12.4 Å². The van der Waals surface area contributed by atoms with Gasteiger partial charge in [-0.2, -0.15) is 8.78 Å². The molecule has 2 aromatic heterocycles. The number of nitrogens with one attached hydrogen (secondary N) is 2. The number of hydrogen-bond acceptors (Lipinski definition) is 7. The minimum atomic E-state index is -4.03. The van der Waals surface area contributed by atoms with Crippen molar-refractivity contribution in [1.29, 1.82) is 0 Å². The van der Waals surface area contributed by atoms with Gasteiger partial charge in [0, 0.05) is 19.3 Å². The summed E-state index contributed by atoms with van der Waals surface area (Å²) in [6.07, 6.45) is -2.71. The molecular weight excluding hydrogens is 502 g/mol. The van der Waals surface area contributed by atoms with Gasteiger partial charge in [-0.1, -0.05) is 11.6 Å². The molecule has 3 heterocycles. The summed E-state index contributed by atoms with van der Waals surface area (Å²) in [7, 11) is 1.24. The lowest BCUT2D eigenvalue weighted by molar-refractivity contribution is -0.286. The van der Waals surface area contributed by atoms with Gasteiger partial charge in [-0.15, -0.1) is 13.9 Å². The number of anilines is 1. The number of rotatable bonds is 6. The Morgan fingerprint density at radius 1 is 1.23 bits per heavy atom. The Kier molecular flexibility index (Phi) is 6.15. The maximum atomic E-state index is 13.7. The third-order valence-electron chi connectivity index (χ3n) is 4.65. The molecular formula is C20H14ClF4N5O5. The van der Waals surface area contributed by atoms with Crippen LogP contribution >= 0.6 is 11.6 Å². The molecule has 0 bridgehead atoms. The molecule has 2 amide bonds. The number of amides is 2. The maximum absolute atomic E-state index is 13.7. The first-order chi connectivity index (χ1) is 16.5. The number of fused-ring (bicyclic) bond motifs is 1. The first-order valence-corrected chi connectivity index (χ1v) is 10.0. The number of ether oxygens (including phenoxy) is 3. The minimum absolute atomic E-state index is 0.0285. The SMILES string of the molecule is CNC(=O)c1c(NC(=O)c2cc(OC(F)F)nn2-c2ncccc2Cl)c(C)cc2c1OC(F)(F)O2. The maximum Gasteiger partial charge on any atom is 0.586 e. The molecule has 0 radical (unpaired) electrons. The van der Waals surface area contributed by atoms with E-state index in [4.69, 9.17) is 11.6 Å². The van der Waals surface area contributed by atoms with Gasteiger partial charge in [-0.05, 0) is 30.7 Å². The smallest absolute Gasteiger partial charge is 0.415 e. The molecule has 4 rings (SSSR count).